The Morgan fingerprint density at radius 2 is 1.45 bits per heavy atom. The molecule has 0 unspecified atom stereocenters. The molecule has 0 aliphatic carbocycles. The van der Waals surface area contributed by atoms with Crippen LogP contribution in [0.4, 0.5) is 5.69 Å². The summed E-state index contributed by atoms with van der Waals surface area (Å²) in [5, 5.41) is 2.15. The van der Waals surface area contributed by atoms with E-state index < -0.39 is 0 Å². The van der Waals surface area contributed by atoms with Gasteiger partial charge < -0.3 is 0 Å². The Hall–Kier alpha value is -4.67. The molecular formula is C36H27N3S. The normalized spacial score (nSPS) is 14.9. The zero-order valence-corrected chi connectivity index (χ0v) is 23.2. The molecule has 40 heavy (non-hydrogen) atoms. The molecule has 4 heteroatoms. The van der Waals surface area contributed by atoms with Crippen LogP contribution in [0, 0.1) is 0 Å². The lowest BCUT2D eigenvalue weighted by atomic mass is 9.90. The van der Waals surface area contributed by atoms with Crippen LogP contribution in [-0.4, -0.2) is 15.7 Å². The van der Waals surface area contributed by atoms with Gasteiger partial charge in [-0.3, -0.25) is 4.99 Å². The second-order valence-electron chi connectivity index (χ2n) is 10.0. The first-order chi connectivity index (χ1) is 19.7. The number of thiazole rings is 1. The molecule has 192 valence electrons. The maximum atomic E-state index is 5.19. The van der Waals surface area contributed by atoms with Crippen molar-refractivity contribution in [2.45, 2.75) is 19.8 Å². The van der Waals surface area contributed by atoms with Crippen LogP contribution in [0.3, 0.4) is 0 Å². The topological polar surface area (TPSA) is 38.1 Å². The average molecular weight is 534 g/mol. The van der Waals surface area contributed by atoms with Crippen LogP contribution in [-0.2, 0) is 0 Å². The summed E-state index contributed by atoms with van der Waals surface area (Å²) < 4.78 is 1.21. The lowest BCUT2D eigenvalue weighted by Gasteiger charge is -2.15. The number of rotatable bonds is 5. The summed E-state index contributed by atoms with van der Waals surface area (Å²) in [4.78, 5) is 15.1. The van der Waals surface area contributed by atoms with Crippen molar-refractivity contribution >= 4 is 43.9 Å². The van der Waals surface area contributed by atoms with Gasteiger partial charge in [-0.05, 0) is 48.4 Å². The van der Waals surface area contributed by atoms with Crippen molar-refractivity contribution in [2.75, 3.05) is 0 Å². The molecule has 7 rings (SSSR count). The SMILES string of the molecule is C/C=C\C=C/C1=Nc2c(c(-c3cccc(-c4ccc(-c5nc6ccccc6s5)cc4)c3)nc3ccccc23)[C@H]1C. The highest BCUT2D eigenvalue weighted by Gasteiger charge is 2.28. The Morgan fingerprint density at radius 3 is 2.27 bits per heavy atom. The molecule has 4 aromatic carbocycles. The number of benzene rings is 4. The molecule has 0 fully saturated rings. The molecule has 3 nitrogen and oxygen atoms in total. The van der Waals surface area contributed by atoms with Crippen LogP contribution in [0.2, 0.25) is 0 Å². The summed E-state index contributed by atoms with van der Waals surface area (Å²) in [5.74, 6) is 0.153. The third kappa shape index (κ3) is 4.27. The van der Waals surface area contributed by atoms with E-state index in [0.29, 0.717) is 0 Å². The highest BCUT2D eigenvalue weighted by Crippen LogP contribution is 2.45. The van der Waals surface area contributed by atoms with Crippen LogP contribution in [0.15, 0.2) is 126 Å². The Balaban J connectivity index is 1.28. The maximum absolute atomic E-state index is 5.19. The lowest BCUT2D eigenvalue weighted by Crippen LogP contribution is -2.03. The lowest BCUT2D eigenvalue weighted by molar-refractivity contribution is 1.05. The second-order valence-corrected chi connectivity index (χ2v) is 11.1. The van der Waals surface area contributed by atoms with E-state index in [-0.39, 0.29) is 5.92 Å². The van der Waals surface area contributed by atoms with E-state index in [0.717, 1.165) is 55.2 Å². The first-order valence-electron chi connectivity index (χ1n) is 13.6. The van der Waals surface area contributed by atoms with Crippen LogP contribution >= 0.6 is 11.3 Å². The molecular weight excluding hydrogens is 506 g/mol. The molecule has 3 heterocycles. The third-order valence-corrected chi connectivity index (χ3v) is 8.57. The number of allylic oxidation sites excluding steroid dienone is 4. The van der Waals surface area contributed by atoms with Gasteiger partial charge in [-0.2, -0.15) is 0 Å². The van der Waals surface area contributed by atoms with Crippen molar-refractivity contribution in [3.63, 3.8) is 0 Å². The van der Waals surface area contributed by atoms with Crippen LogP contribution in [0.1, 0.15) is 25.3 Å². The Morgan fingerprint density at radius 1 is 0.700 bits per heavy atom. The van der Waals surface area contributed by atoms with E-state index in [4.69, 9.17) is 15.0 Å². The highest BCUT2D eigenvalue weighted by molar-refractivity contribution is 7.21. The van der Waals surface area contributed by atoms with Crippen LogP contribution < -0.4 is 0 Å². The molecule has 0 bridgehead atoms. The second kappa shape index (κ2) is 10.1. The van der Waals surface area contributed by atoms with E-state index in [1.165, 1.54) is 15.8 Å². The number of aromatic nitrogens is 2. The summed E-state index contributed by atoms with van der Waals surface area (Å²) in [6, 6.07) is 34.1. The molecule has 0 saturated heterocycles. The fraction of sp³-hybridized carbons (Fsp3) is 0.0833. The molecule has 1 aliphatic heterocycles. The Bertz CT molecular complexity index is 1940. The molecule has 0 spiro atoms. The van der Waals surface area contributed by atoms with Crippen molar-refractivity contribution in [1.82, 2.24) is 9.97 Å². The molecule has 1 atom stereocenters. The molecule has 0 saturated carbocycles. The monoisotopic (exact) mass is 533 g/mol. The summed E-state index contributed by atoms with van der Waals surface area (Å²) in [6.45, 7) is 4.26. The molecule has 6 aromatic rings. The van der Waals surface area contributed by atoms with Gasteiger partial charge >= 0.3 is 0 Å². The standard InChI is InChI=1S/C36H27N3S/c1-3-4-5-14-29-23(2)33-34(38-30-15-7-6-13-28(30)35(33)37-29)27-12-10-11-26(22-27)24-18-20-25(21-19-24)36-39-31-16-8-9-17-32(31)40-36/h3-23H,1-2H3/b4-3-,14-5-/t23-/m0/s1. The van der Waals surface area contributed by atoms with E-state index in [1.54, 1.807) is 11.3 Å². The van der Waals surface area contributed by atoms with E-state index in [2.05, 4.69) is 104 Å². The van der Waals surface area contributed by atoms with Gasteiger partial charge in [0.05, 0.1) is 27.1 Å². The third-order valence-electron chi connectivity index (χ3n) is 7.48. The van der Waals surface area contributed by atoms with E-state index in [1.807, 2.05) is 31.2 Å². The molecule has 0 amide bonds. The minimum atomic E-state index is 0.153. The van der Waals surface area contributed by atoms with Crippen molar-refractivity contribution in [2.24, 2.45) is 4.99 Å². The highest BCUT2D eigenvalue weighted by atomic mass is 32.1. The Labute approximate surface area is 237 Å². The van der Waals surface area contributed by atoms with Gasteiger partial charge in [0.2, 0.25) is 0 Å². The average Bonchev–Trinajstić information content (AvgIpc) is 3.59. The van der Waals surface area contributed by atoms with Crippen molar-refractivity contribution in [3.05, 3.63) is 127 Å². The predicted molar refractivity (Wildman–Crippen MR) is 171 cm³/mol. The number of pyridine rings is 1. The molecule has 2 aromatic heterocycles. The minimum absolute atomic E-state index is 0.153. The van der Waals surface area contributed by atoms with Crippen molar-refractivity contribution < 1.29 is 0 Å². The summed E-state index contributed by atoms with van der Waals surface area (Å²) in [5.41, 5.74) is 10.9. The van der Waals surface area contributed by atoms with Crippen LogP contribution in [0.5, 0.6) is 0 Å². The summed E-state index contributed by atoms with van der Waals surface area (Å²) in [6.07, 6.45) is 8.26. The van der Waals surface area contributed by atoms with Gasteiger partial charge in [-0.25, -0.2) is 9.97 Å². The number of hydrogen-bond donors (Lipinski definition) is 0. The summed E-state index contributed by atoms with van der Waals surface area (Å²) in [7, 11) is 0. The predicted octanol–water partition coefficient (Wildman–Crippen LogP) is 10.2. The fourth-order valence-electron chi connectivity index (χ4n) is 5.43. The van der Waals surface area contributed by atoms with Crippen molar-refractivity contribution in [1.29, 1.82) is 0 Å². The Kier molecular flexibility index (Phi) is 6.18. The van der Waals surface area contributed by atoms with E-state index >= 15 is 0 Å². The first kappa shape index (κ1) is 24.4. The van der Waals surface area contributed by atoms with Gasteiger partial charge in [-0.15, -0.1) is 11.3 Å². The number of hydrogen-bond acceptors (Lipinski definition) is 4. The molecule has 0 N–H and O–H groups in total. The minimum Gasteiger partial charge on any atom is -0.252 e. The number of nitrogens with zero attached hydrogens (tertiary/aromatic N) is 3. The van der Waals surface area contributed by atoms with Gasteiger partial charge in [0.1, 0.15) is 5.01 Å². The van der Waals surface area contributed by atoms with E-state index in [9.17, 15) is 0 Å². The number of para-hydroxylation sites is 2. The molecule has 1 aliphatic rings. The number of aliphatic imine (C=N–C) groups is 1. The van der Waals surface area contributed by atoms with Crippen LogP contribution in [0.25, 0.3) is 54.1 Å². The summed E-state index contributed by atoms with van der Waals surface area (Å²) >= 11 is 1.73. The number of fused-ring (bicyclic) bond motifs is 4. The van der Waals surface area contributed by atoms with Crippen molar-refractivity contribution in [3.8, 4) is 33.0 Å². The largest absolute Gasteiger partial charge is 0.252 e. The maximum Gasteiger partial charge on any atom is 0.124 e. The smallest absolute Gasteiger partial charge is 0.124 e. The zero-order chi connectivity index (χ0) is 27.1. The van der Waals surface area contributed by atoms with Gasteiger partial charge in [0, 0.05) is 33.7 Å². The fourth-order valence-corrected chi connectivity index (χ4v) is 6.40. The molecule has 0 radical (unpaired) electrons. The zero-order valence-electron chi connectivity index (χ0n) is 22.4. The van der Waals surface area contributed by atoms with Gasteiger partial charge in [0.15, 0.2) is 0 Å². The van der Waals surface area contributed by atoms with Gasteiger partial charge in [0.25, 0.3) is 0 Å². The van der Waals surface area contributed by atoms with Gasteiger partial charge in [-0.1, -0.05) is 97.9 Å². The first-order valence-corrected chi connectivity index (χ1v) is 14.4. The quantitative estimate of drug-likeness (QED) is 0.207.